The number of hydrazine groups is 1. The maximum atomic E-state index is 13.2. The lowest BCUT2D eigenvalue weighted by Crippen LogP contribution is -2.49. The highest BCUT2D eigenvalue weighted by atomic mass is 19.1. The highest BCUT2D eigenvalue weighted by molar-refractivity contribution is 5.96. The van der Waals surface area contributed by atoms with E-state index in [0.717, 1.165) is 11.3 Å². The van der Waals surface area contributed by atoms with Gasteiger partial charge < -0.3 is 20.0 Å². The summed E-state index contributed by atoms with van der Waals surface area (Å²) in [5.41, 5.74) is 5.53. The monoisotopic (exact) mass is 410 g/mol. The molecule has 2 amide bonds. The third-order valence-corrected chi connectivity index (χ3v) is 5.37. The molecular formula is C22H23FN4O3. The Morgan fingerprint density at radius 3 is 2.70 bits per heavy atom. The van der Waals surface area contributed by atoms with Crippen LogP contribution in [-0.4, -0.2) is 41.4 Å². The number of nitrogens with one attached hydrogen (secondary N) is 2. The Kier molecular flexibility index (Phi) is 5.41. The zero-order chi connectivity index (χ0) is 21.3. The second-order valence-electron chi connectivity index (χ2n) is 7.39. The van der Waals surface area contributed by atoms with Gasteiger partial charge in [0.1, 0.15) is 24.2 Å². The number of fused-ring (bicyclic) bond motifs is 1. The summed E-state index contributed by atoms with van der Waals surface area (Å²) in [6, 6.07) is 11.5. The van der Waals surface area contributed by atoms with E-state index in [1.54, 1.807) is 31.4 Å². The molecule has 2 atom stereocenters. The van der Waals surface area contributed by atoms with E-state index in [9.17, 15) is 14.0 Å². The number of amides is 2. The maximum Gasteiger partial charge on any atom is 0.251 e. The summed E-state index contributed by atoms with van der Waals surface area (Å²) in [6.07, 6.45) is 3.95. The first-order valence-electron chi connectivity index (χ1n) is 9.68. The van der Waals surface area contributed by atoms with Crippen molar-refractivity contribution in [2.45, 2.75) is 25.4 Å². The molecular weight excluding hydrogens is 387 g/mol. The van der Waals surface area contributed by atoms with Crippen LogP contribution in [0.1, 0.15) is 23.6 Å². The lowest BCUT2D eigenvalue weighted by molar-refractivity contribution is -0.137. The van der Waals surface area contributed by atoms with E-state index < -0.39 is 0 Å². The molecule has 0 aliphatic carbocycles. The second kappa shape index (κ2) is 8.16. The Morgan fingerprint density at radius 1 is 1.23 bits per heavy atom. The van der Waals surface area contributed by atoms with Gasteiger partial charge in [0.2, 0.25) is 5.91 Å². The summed E-state index contributed by atoms with van der Waals surface area (Å²) in [7, 11) is 1.62. The fraction of sp³-hybridized carbons (Fsp3) is 0.273. The summed E-state index contributed by atoms with van der Waals surface area (Å²) in [4.78, 5) is 26.8. The number of hydrogen-bond acceptors (Lipinski definition) is 5. The van der Waals surface area contributed by atoms with E-state index in [1.807, 2.05) is 24.3 Å². The third-order valence-electron chi connectivity index (χ3n) is 5.37. The van der Waals surface area contributed by atoms with E-state index in [2.05, 4.69) is 10.7 Å². The van der Waals surface area contributed by atoms with Crippen molar-refractivity contribution >= 4 is 17.5 Å². The molecule has 0 radical (unpaired) electrons. The molecule has 4 rings (SSSR count). The van der Waals surface area contributed by atoms with Crippen molar-refractivity contribution < 1.29 is 18.7 Å². The molecule has 2 heterocycles. The number of benzene rings is 2. The van der Waals surface area contributed by atoms with Crippen molar-refractivity contribution in [3.8, 4) is 5.75 Å². The predicted molar refractivity (Wildman–Crippen MR) is 110 cm³/mol. The number of rotatable bonds is 5. The summed E-state index contributed by atoms with van der Waals surface area (Å²) in [5.74, 6) is -0.0697. The molecule has 30 heavy (non-hydrogen) atoms. The molecule has 8 heteroatoms. The Morgan fingerprint density at radius 2 is 2.00 bits per heavy atom. The average Bonchev–Trinajstić information content (AvgIpc) is 3.17. The molecule has 0 aromatic heterocycles. The number of hydrogen-bond donors (Lipinski definition) is 2. The highest BCUT2D eigenvalue weighted by Crippen LogP contribution is 2.31. The number of nitrogens with zero attached hydrogens (tertiary/aromatic N) is 2. The average molecular weight is 410 g/mol. The number of carbonyl (C=O) groups is 2. The van der Waals surface area contributed by atoms with Gasteiger partial charge in [-0.15, -0.1) is 0 Å². The maximum absolute atomic E-state index is 13.2. The van der Waals surface area contributed by atoms with Crippen LogP contribution in [0.25, 0.3) is 0 Å². The minimum absolute atomic E-state index is 0.00912. The highest BCUT2D eigenvalue weighted by Gasteiger charge is 2.40. The Balaban J connectivity index is 1.39. The van der Waals surface area contributed by atoms with E-state index in [-0.39, 0.29) is 36.3 Å². The SMILES string of the molecule is COc1ccc(C2CC3C(=O)N(CC(=O)Nc4ccc(F)cc4C)C=CN3N2)cc1. The molecule has 156 valence electrons. The van der Waals surface area contributed by atoms with Crippen LogP contribution in [0.4, 0.5) is 10.1 Å². The minimum Gasteiger partial charge on any atom is -0.497 e. The van der Waals surface area contributed by atoms with Crippen LogP contribution in [0, 0.1) is 12.7 Å². The smallest absolute Gasteiger partial charge is 0.251 e. The normalized spacial score (nSPS) is 20.3. The number of halogens is 1. The summed E-state index contributed by atoms with van der Waals surface area (Å²) in [5, 5.41) is 4.52. The third kappa shape index (κ3) is 3.99. The van der Waals surface area contributed by atoms with E-state index in [4.69, 9.17) is 4.74 Å². The summed E-state index contributed by atoms with van der Waals surface area (Å²) < 4.78 is 18.4. The van der Waals surface area contributed by atoms with Crippen molar-refractivity contribution in [1.82, 2.24) is 15.3 Å². The lowest BCUT2D eigenvalue weighted by Gasteiger charge is -2.31. The zero-order valence-corrected chi connectivity index (χ0v) is 16.8. The quantitative estimate of drug-likeness (QED) is 0.793. The molecule has 2 aliphatic rings. The van der Waals surface area contributed by atoms with Crippen LogP contribution in [0.3, 0.4) is 0 Å². The molecule has 2 N–H and O–H groups in total. The van der Waals surface area contributed by atoms with Gasteiger partial charge in [-0.25, -0.2) is 9.82 Å². The molecule has 7 nitrogen and oxygen atoms in total. The van der Waals surface area contributed by atoms with Crippen molar-refractivity contribution in [1.29, 1.82) is 0 Å². The first-order chi connectivity index (χ1) is 14.4. The van der Waals surface area contributed by atoms with Crippen LogP contribution in [0.15, 0.2) is 54.9 Å². The van der Waals surface area contributed by atoms with Crippen LogP contribution in [0.2, 0.25) is 0 Å². The summed E-state index contributed by atoms with van der Waals surface area (Å²) >= 11 is 0. The molecule has 0 bridgehead atoms. The molecule has 2 aromatic carbocycles. The van der Waals surface area contributed by atoms with Gasteiger partial charge in [0.15, 0.2) is 0 Å². The Bertz CT molecular complexity index is 992. The molecule has 1 fully saturated rings. The summed E-state index contributed by atoms with van der Waals surface area (Å²) in [6.45, 7) is 1.61. The Labute approximate surface area is 174 Å². The number of aryl methyl sites for hydroxylation is 1. The van der Waals surface area contributed by atoms with E-state index >= 15 is 0 Å². The van der Waals surface area contributed by atoms with Crippen molar-refractivity contribution in [3.63, 3.8) is 0 Å². The van der Waals surface area contributed by atoms with E-state index in [1.165, 1.54) is 23.1 Å². The second-order valence-corrected chi connectivity index (χ2v) is 7.39. The number of carbonyl (C=O) groups excluding carboxylic acids is 2. The van der Waals surface area contributed by atoms with Crippen molar-refractivity contribution in [2.24, 2.45) is 0 Å². The molecule has 1 saturated heterocycles. The van der Waals surface area contributed by atoms with Gasteiger partial charge in [-0.05, 0) is 54.8 Å². The van der Waals surface area contributed by atoms with Crippen molar-refractivity contribution in [3.05, 3.63) is 71.8 Å². The first-order valence-corrected chi connectivity index (χ1v) is 9.68. The minimum atomic E-state index is -0.387. The van der Waals surface area contributed by atoms with Gasteiger partial charge in [0, 0.05) is 18.1 Å². The Hall–Kier alpha value is -3.39. The van der Waals surface area contributed by atoms with E-state index in [0.29, 0.717) is 17.7 Å². The zero-order valence-electron chi connectivity index (χ0n) is 16.8. The lowest BCUT2D eigenvalue weighted by atomic mass is 10.0. The number of methoxy groups -OCH3 is 1. The van der Waals surface area contributed by atoms with Crippen molar-refractivity contribution in [2.75, 3.05) is 19.0 Å². The molecule has 2 aromatic rings. The number of ether oxygens (including phenoxy) is 1. The van der Waals surface area contributed by atoms with Crippen LogP contribution >= 0.6 is 0 Å². The predicted octanol–water partition coefficient (Wildman–Crippen LogP) is 2.71. The van der Waals surface area contributed by atoms with Crippen LogP contribution in [-0.2, 0) is 9.59 Å². The number of anilines is 1. The van der Waals surface area contributed by atoms with Crippen LogP contribution < -0.4 is 15.5 Å². The van der Waals surface area contributed by atoms with Gasteiger partial charge >= 0.3 is 0 Å². The molecule has 0 saturated carbocycles. The first kappa shape index (κ1) is 19.9. The van der Waals surface area contributed by atoms with Gasteiger partial charge in [0.05, 0.1) is 13.2 Å². The molecule has 2 unspecified atom stereocenters. The fourth-order valence-corrected chi connectivity index (χ4v) is 3.73. The van der Waals surface area contributed by atoms with Gasteiger partial charge in [-0.3, -0.25) is 9.59 Å². The molecule has 2 aliphatic heterocycles. The largest absolute Gasteiger partial charge is 0.497 e. The topological polar surface area (TPSA) is 73.9 Å². The van der Waals surface area contributed by atoms with Gasteiger partial charge in [0.25, 0.3) is 5.91 Å². The van der Waals surface area contributed by atoms with Gasteiger partial charge in [-0.1, -0.05) is 12.1 Å². The van der Waals surface area contributed by atoms with Crippen LogP contribution in [0.5, 0.6) is 5.75 Å². The fourth-order valence-electron chi connectivity index (χ4n) is 3.73. The molecule has 0 spiro atoms. The van der Waals surface area contributed by atoms with Gasteiger partial charge in [-0.2, -0.15) is 0 Å². The standard InChI is InChI=1S/C22H23FN4O3/c1-14-11-16(23)5-8-18(14)24-21(28)13-26-9-10-27-20(22(26)29)12-19(25-27)15-3-6-17(30-2)7-4-15/h3-11,19-20,25H,12-13H2,1-2H3,(H,24,28).